The minimum absolute atomic E-state index is 0.00548. The third kappa shape index (κ3) is 10.2. The first-order valence-corrected chi connectivity index (χ1v) is 11.8. The summed E-state index contributed by atoms with van der Waals surface area (Å²) < 4.78 is 208. The standard InChI is InChI=1S/C17H25F14N2O3S/c1-33(2,34)7-4-6-32-37(35,36)8-3-5-11(9-12(18,14(20,21)22)15(23,24)25)10-13(19,16(26,27)28)17(29,30)31/h11,32,34H,3-10H2,1-2H3/q+1. The zero-order chi connectivity index (χ0) is 29.9. The summed E-state index contributed by atoms with van der Waals surface area (Å²) in [4.78, 5) is 0. The van der Waals surface area contributed by atoms with Crippen molar-refractivity contribution >= 4 is 10.0 Å². The van der Waals surface area contributed by atoms with Gasteiger partial charge in [-0.15, -0.1) is 0 Å². The molecule has 0 amide bonds. The number of hydrogen-bond donors (Lipinski definition) is 2. The molecule has 2 N–H and O–H groups in total. The first-order valence-electron chi connectivity index (χ1n) is 10.2. The maximum Gasteiger partial charge on any atom is 0.431 e. The molecule has 0 aliphatic rings. The SMILES string of the molecule is C[N+](C)(O)CCCNS(=O)(=O)CCCC(CC(F)(C(F)(F)F)C(F)(F)F)CC(F)(C(F)(F)F)C(F)(F)F. The van der Waals surface area contributed by atoms with E-state index in [0.29, 0.717) is 0 Å². The number of alkyl halides is 14. The fraction of sp³-hybridized carbons (Fsp3) is 1.00. The van der Waals surface area contributed by atoms with E-state index in [9.17, 15) is 75.1 Å². The van der Waals surface area contributed by atoms with E-state index in [-0.39, 0.29) is 19.5 Å². The quantitative estimate of drug-likeness (QED) is 0.125. The van der Waals surface area contributed by atoms with Crippen LogP contribution in [0.2, 0.25) is 0 Å². The van der Waals surface area contributed by atoms with Crippen molar-refractivity contribution in [1.82, 2.24) is 4.72 Å². The molecule has 0 saturated carbocycles. The van der Waals surface area contributed by atoms with Gasteiger partial charge in [-0.1, -0.05) is 0 Å². The van der Waals surface area contributed by atoms with Crippen LogP contribution in [0, 0.1) is 5.92 Å². The van der Waals surface area contributed by atoms with Crippen LogP contribution in [0.3, 0.4) is 0 Å². The molecular formula is C17H25F14N2O3S+. The molecule has 0 unspecified atom stereocenters. The van der Waals surface area contributed by atoms with Gasteiger partial charge in [-0.2, -0.15) is 57.3 Å². The highest BCUT2D eigenvalue weighted by Crippen LogP contribution is 2.55. The van der Waals surface area contributed by atoms with E-state index < -0.39 is 88.1 Å². The van der Waals surface area contributed by atoms with Gasteiger partial charge in [-0.25, -0.2) is 27.1 Å². The van der Waals surface area contributed by atoms with Gasteiger partial charge in [-0.05, 0) is 18.8 Å². The Morgan fingerprint density at radius 2 is 1.05 bits per heavy atom. The molecule has 5 nitrogen and oxygen atoms in total. The number of rotatable bonds is 13. The Labute approximate surface area is 202 Å². The average molecular weight is 603 g/mol. The molecule has 0 aliphatic carbocycles. The zero-order valence-corrected chi connectivity index (χ0v) is 20.0. The molecule has 0 aliphatic heterocycles. The Morgan fingerprint density at radius 3 is 1.35 bits per heavy atom. The first-order chi connectivity index (χ1) is 16.0. The molecule has 0 aromatic carbocycles. The Bertz CT molecular complexity index is 761. The van der Waals surface area contributed by atoms with Crippen LogP contribution in [0.4, 0.5) is 61.5 Å². The lowest BCUT2D eigenvalue weighted by Crippen LogP contribution is -2.57. The summed E-state index contributed by atoms with van der Waals surface area (Å²) in [6, 6.07) is 0. The molecule has 0 rings (SSSR count). The number of halogens is 14. The van der Waals surface area contributed by atoms with Gasteiger partial charge in [0.2, 0.25) is 10.0 Å². The van der Waals surface area contributed by atoms with E-state index in [2.05, 4.69) is 0 Å². The van der Waals surface area contributed by atoms with Crippen LogP contribution >= 0.6 is 0 Å². The van der Waals surface area contributed by atoms with Crippen molar-refractivity contribution in [3.63, 3.8) is 0 Å². The van der Waals surface area contributed by atoms with E-state index in [0.717, 1.165) is 0 Å². The van der Waals surface area contributed by atoms with E-state index in [1.54, 1.807) is 0 Å². The largest absolute Gasteiger partial charge is 0.431 e. The highest BCUT2D eigenvalue weighted by Gasteiger charge is 2.75. The number of sulfonamides is 1. The Kier molecular flexibility index (Phi) is 11.2. The lowest BCUT2D eigenvalue weighted by molar-refractivity contribution is -1.07. The van der Waals surface area contributed by atoms with Gasteiger partial charge in [-0.3, -0.25) is 0 Å². The Balaban J connectivity index is 5.92. The van der Waals surface area contributed by atoms with Crippen molar-refractivity contribution in [3.05, 3.63) is 0 Å². The van der Waals surface area contributed by atoms with Crippen LogP contribution in [-0.4, -0.2) is 87.3 Å². The normalized spacial score (nSPS) is 15.5. The highest BCUT2D eigenvalue weighted by molar-refractivity contribution is 7.89. The third-order valence-corrected chi connectivity index (χ3v) is 6.64. The highest BCUT2D eigenvalue weighted by atomic mass is 32.2. The van der Waals surface area contributed by atoms with Crippen molar-refractivity contribution in [2.24, 2.45) is 5.92 Å². The second kappa shape index (κ2) is 11.5. The van der Waals surface area contributed by atoms with Crippen molar-refractivity contribution in [1.29, 1.82) is 0 Å². The fourth-order valence-electron chi connectivity index (χ4n) is 3.18. The number of hydroxylamine groups is 3. The Hall–Kier alpha value is -1.15. The van der Waals surface area contributed by atoms with E-state index in [4.69, 9.17) is 0 Å². The van der Waals surface area contributed by atoms with E-state index in [1.807, 2.05) is 4.72 Å². The summed E-state index contributed by atoms with van der Waals surface area (Å²) in [5.41, 5.74) is -12.6. The Morgan fingerprint density at radius 1 is 0.703 bits per heavy atom. The van der Waals surface area contributed by atoms with Gasteiger partial charge < -0.3 is 0 Å². The smallest absolute Gasteiger partial charge is 0.224 e. The maximum absolute atomic E-state index is 14.1. The summed E-state index contributed by atoms with van der Waals surface area (Å²) in [5.74, 6) is -4.42. The summed E-state index contributed by atoms with van der Waals surface area (Å²) in [6.45, 7) is -0.342. The van der Waals surface area contributed by atoms with Crippen LogP contribution in [0.25, 0.3) is 0 Å². The lowest BCUT2D eigenvalue weighted by atomic mass is 9.80. The van der Waals surface area contributed by atoms with Crippen LogP contribution in [0.15, 0.2) is 0 Å². The van der Waals surface area contributed by atoms with Crippen LogP contribution < -0.4 is 4.72 Å². The average Bonchev–Trinajstić information content (AvgIpc) is 2.60. The summed E-state index contributed by atoms with van der Waals surface area (Å²) >= 11 is 0. The molecule has 20 heteroatoms. The van der Waals surface area contributed by atoms with Crippen molar-refractivity contribution in [2.45, 2.75) is 68.1 Å². The monoisotopic (exact) mass is 603 g/mol. The van der Waals surface area contributed by atoms with Crippen molar-refractivity contribution in [2.75, 3.05) is 32.9 Å². The molecule has 0 atom stereocenters. The molecule has 37 heavy (non-hydrogen) atoms. The van der Waals surface area contributed by atoms with Crippen LogP contribution in [0.5, 0.6) is 0 Å². The molecule has 0 aromatic rings. The summed E-state index contributed by atoms with van der Waals surface area (Å²) in [7, 11) is -1.78. The molecule has 0 saturated heterocycles. The van der Waals surface area contributed by atoms with Gasteiger partial charge in [0.15, 0.2) is 0 Å². The van der Waals surface area contributed by atoms with Gasteiger partial charge in [0.05, 0.1) is 19.8 Å². The van der Waals surface area contributed by atoms with Gasteiger partial charge in [0.25, 0.3) is 11.3 Å². The predicted molar refractivity (Wildman–Crippen MR) is 99.0 cm³/mol. The van der Waals surface area contributed by atoms with Gasteiger partial charge in [0, 0.05) is 25.8 Å². The van der Waals surface area contributed by atoms with Gasteiger partial charge >= 0.3 is 24.7 Å². The van der Waals surface area contributed by atoms with E-state index in [1.165, 1.54) is 14.1 Å². The van der Waals surface area contributed by atoms with E-state index >= 15 is 0 Å². The fourth-order valence-corrected chi connectivity index (χ4v) is 4.33. The second-order valence-corrected chi connectivity index (χ2v) is 10.8. The number of quaternary nitrogens is 1. The van der Waals surface area contributed by atoms with Crippen molar-refractivity contribution < 1.29 is 79.7 Å². The first kappa shape index (κ1) is 35.9. The molecule has 0 heterocycles. The lowest BCUT2D eigenvalue weighted by Gasteiger charge is -2.37. The summed E-state index contributed by atoms with van der Waals surface area (Å²) in [6.07, 6.45) is -36.3. The molecule has 0 radical (unpaired) electrons. The second-order valence-electron chi connectivity index (χ2n) is 8.92. The molecule has 0 bridgehead atoms. The molecule has 0 fully saturated rings. The minimum atomic E-state index is -6.86. The van der Waals surface area contributed by atoms with Crippen molar-refractivity contribution in [3.8, 4) is 0 Å². The van der Waals surface area contributed by atoms with Gasteiger partial charge in [0.1, 0.15) is 6.54 Å². The molecule has 224 valence electrons. The zero-order valence-electron chi connectivity index (χ0n) is 19.1. The molecule has 0 spiro atoms. The third-order valence-electron chi connectivity index (χ3n) is 5.17. The number of nitrogens with zero attached hydrogens (tertiary/aromatic N) is 1. The molecule has 0 aromatic heterocycles. The minimum Gasteiger partial charge on any atom is -0.224 e. The number of nitrogens with one attached hydrogen (secondary N) is 1. The number of hydrogen-bond acceptors (Lipinski definition) is 3. The van der Waals surface area contributed by atoms with Crippen LogP contribution in [-0.2, 0) is 10.0 Å². The topological polar surface area (TPSA) is 66.4 Å². The predicted octanol–water partition coefficient (Wildman–Crippen LogP) is 5.60. The summed E-state index contributed by atoms with van der Waals surface area (Å²) in [5, 5.41) is 9.44. The van der Waals surface area contributed by atoms with Crippen LogP contribution in [0.1, 0.15) is 32.1 Å². The molecular weight excluding hydrogens is 578 g/mol. The maximum atomic E-state index is 14.1.